The molecule has 0 N–H and O–H groups in total. The third-order valence-electron chi connectivity index (χ3n) is 5.04. The SMILES string of the molecule is Cc1c(C2CCCC2)cc(F)cc1C1CCCC1. The van der Waals surface area contributed by atoms with Gasteiger partial charge in [-0.25, -0.2) is 4.39 Å². The molecule has 0 bridgehead atoms. The molecule has 1 aromatic rings. The second-order valence-corrected chi connectivity index (χ2v) is 6.17. The standard InChI is InChI=1S/C17H23F/c1-12-16(13-6-2-3-7-13)10-15(18)11-17(12)14-8-4-5-9-14/h10-11,13-14H,2-9H2,1H3. The molecule has 1 heteroatoms. The fourth-order valence-electron chi connectivity index (χ4n) is 4.04. The van der Waals surface area contributed by atoms with Gasteiger partial charge in [-0.2, -0.15) is 0 Å². The smallest absolute Gasteiger partial charge is 0.123 e. The predicted molar refractivity (Wildman–Crippen MR) is 73.6 cm³/mol. The number of hydrogen-bond acceptors (Lipinski definition) is 0. The normalized spacial score (nSPS) is 21.9. The molecule has 0 unspecified atom stereocenters. The fraction of sp³-hybridized carbons (Fsp3) is 0.647. The highest BCUT2D eigenvalue weighted by Crippen LogP contribution is 2.41. The van der Waals surface area contributed by atoms with Crippen LogP contribution in [0.1, 0.15) is 79.9 Å². The molecule has 3 rings (SSSR count). The minimum Gasteiger partial charge on any atom is -0.207 e. The third-order valence-corrected chi connectivity index (χ3v) is 5.04. The van der Waals surface area contributed by atoms with Crippen LogP contribution in [-0.4, -0.2) is 0 Å². The molecule has 0 aliphatic heterocycles. The van der Waals surface area contributed by atoms with Gasteiger partial charge in [-0.05, 0) is 73.3 Å². The lowest BCUT2D eigenvalue weighted by Gasteiger charge is -2.20. The largest absolute Gasteiger partial charge is 0.207 e. The van der Waals surface area contributed by atoms with Crippen LogP contribution in [0.5, 0.6) is 0 Å². The highest BCUT2D eigenvalue weighted by Gasteiger charge is 2.25. The van der Waals surface area contributed by atoms with Crippen LogP contribution in [0.2, 0.25) is 0 Å². The van der Waals surface area contributed by atoms with Crippen molar-refractivity contribution in [1.82, 2.24) is 0 Å². The van der Waals surface area contributed by atoms with Crippen LogP contribution in [-0.2, 0) is 0 Å². The van der Waals surface area contributed by atoms with Crippen LogP contribution in [0, 0.1) is 12.7 Å². The Labute approximate surface area is 110 Å². The highest BCUT2D eigenvalue weighted by molar-refractivity contribution is 5.40. The van der Waals surface area contributed by atoms with E-state index in [0.717, 1.165) is 0 Å². The molecule has 98 valence electrons. The van der Waals surface area contributed by atoms with Crippen LogP contribution >= 0.6 is 0 Å². The van der Waals surface area contributed by atoms with Crippen molar-refractivity contribution in [3.8, 4) is 0 Å². The van der Waals surface area contributed by atoms with Crippen LogP contribution in [0.4, 0.5) is 4.39 Å². The second kappa shape index (κ2) is 5.03. The molecule has 0 heterocycles. The second-order valence-electron chi connectivity index (χ2n) is 6.17. The average Bonchev–Trinajstić information content (AvgIpc) is 3.02. The number of benzene rings is 1. The van der Waals surface area contributed by atoms with E-state index in [1.807, 2.05) is 12.1 Å². The van der Waals surface area contributed by atoms with Gasteiger partial charge in [0.25, 0.3) is 0 Å². The van der Waals surface area contributed by atoms with Gasteiger partial charge in [-0.3, -0.25) is 0 Å². The summed E-state index contributed by atoms with van der Waals surface area (Å²) >= 11 is 0. The van der Waals surface area contributed by atoms with Crippen molar-refractivity contribution in [2.75, 3.05) is 0 Å². The Bertz CT molecular complexity index is 386. The molecule has 0 nitrogen and oxygen atoms in total. The summed E-state index contributed by atoms with van der Waals surface area (Å²) < 4.78 is 13.9. The Hall–Kier alpha value is -0.850. The van der Waals surface area contributed by atoms with Gasteiger partial charge < -0.3 is 0 Å². The Balaban J connectivity index is 1.98. The topological polar surface area (TPSA) is 0 Å². The lowest BCUT2D eigenvalue weighted by molar-refractivity contribution is 0.605. The minimum absolute atomic E-state index is 0.00981. The van der Waals surface area contributed by atoms with Gasteiger partial charge >= 0.3 is 0 Å². The average molecular weight is 246 g/mol. The van der Waals surface area contributed by atoms with E-state index < -0.39 is 0 Å². The molecule has 18 heavy (non-hydrogen) atoms. The first-order valence-corrected chi connectivity index (χ1v) is 7.55. The quantitative estimate of drug-likeness (QED) is 0.651. The number of rotatable bonds is 2. The highest BCUT2D eigenvalue weighted by atomic mass is 19.1. The molecule has 0 amide bonds. The van der Waals surface area contributed by atoms with Gasteiger partial charge in [-0.1, -0.05) is 25.7 Å². The Morgan fingerprint density at radius 1 is 0.833 bits per heavy atom. The summed E-state index contributed by atoms with van der Waals surface area (Å²) in [6, 6.07) is 3.62. The molecule has 0 spiro atoms. The zero-order valence-electron chi connectivity index (χ0n) is 11.3. The van der Waals surface area contributed by atoms with Crippen molar-refractivity contribution >= 4 is 0 Å². The third kappa shape index (κ3) is 2.20. The van der Waals surface area contributed by atoms with Gasteiger partial charge in [-0.15, -0.1) is 0 Å². The Morgan fingerprint density at radius 3 is 1.61 bits per heavy atom. The maximum Gasteiger partial charge on any atom is 0.123 e. The summed E-state index contributed by atoms with van der Waals surface area (Å²) in [6.45, 7) is 2.22. The first-order chi connectivity index (χ1) is 8.75. The minimum atomic E-state index is -0.00981. The van der Waals surface area contributed by atoms with Gasteiger partial charge in [0, 0.05) is 0 Å². The molecule has 2 aliphatic carbocycles. The van der Waals surface area contributed by atoms with Crippen LogP contribution in [0.25, 0.3) is 0 Å². The maximum absolute atomic E-state index is 13.9. The van der Waals surface area contributed by atoms with E-state index in [-0.39, 0.29) is 5.82 Å². The maximum atomic E-state index is 13.9. The van der Waals surface area contributed by atoms with Crippen LogP contribution in [0.3, 0.4) is 0 Å². The van der Waals surface area contributed by atoms with E-state index in [4.69, 9.17) is 0 Å². The van der Waals surface area contributed by atoms with E-state index in [1.54, 1.807) is 0 Å². The van der Waals surface area contributed by atoms with E-state index in [1.165, 1.54) is 68.1 Å². The number of hydrogen-bond donors (Lipinski definition) is 0. The van der Waals surface area contributed by atoms with E-state index in [2.05, 4.69) is 6.92 Å². The van der Waals surface area contributed by atoms with E-state index >= 15 is 0 Å². The number of halogens is 1. The lowest BCUT2D eigenvalue weighted by atomic mass is 9.85. The molecule has 1 aromatic carbocycles. The van der Waals surface area contributed by atoms with Crippen LogP contribution < -0.4 is 0 Å². The first kappa shape index (κ1) is 12.2. The van der Waals surface area contributed by atoms with Gasteiger partial charge in [0.15, 0.2) is 0 Å². The van der Waals surface area contributed by atoms with Crippen LogP contribution in [0.15, 0.2) is 12.1 Å². The molecule has 0 saturated heterocycles. The van der Waals surface area contributed by atoms with Gasteiger partial charge in [0.1, 0.15) is 5.82 Å². The monoisotopic (exact) mass is 246 g/mol. The summed E-state index contributed by atoms with van der Waals surface area (Å²) in [6.07, 6.45) is 10.3. The van der Waals surface area contributed by atoms with E-state index in [0.29, 0.717) is 11.8 Å². The van der Waals surface area contributed by atoms with Crippen molar-refractivity contribution in [2.24, 2.45) is 0 Å². The summed E-state index contributed by atoms with van der Waals surface area (Å²) in [5, 5.41) is 0. The van der Waals surface area contributed by atoms with Crippen molar-refractivity contribution in [3.63, 3.8) is 0 Å². The lowest BCUT2D eigenvalue weighted by Crippen LogP contribution is -2.04. The predicted octanol–water partition coefficient (Wildman–Crippen LogP) is 5.45. The van der Waals surface area contributed by atoms with Crippen molar-refractivity contribution < 1.29 is 4.39 Å². The summed E-state index contributed by atoms with van der Waals surface area (Å²) in [5.74, 6) is 1.24. The van der Waals surface area contributed by atoms with Crippen molar-refractivity contribution in [3.05, 3.63) is 34.6 Å². The molecule has 0 radical (unpaired) electrons. The molecule has 2 aliphatic rings. The van der Waals surface area contributed by atoms with Gasteiger partial charge in [0.05, 0.1) is 0 Å². The zero-order chi connectivity index (χ0) is 12.5. The molecular formula is C17H23F. The van der Waals surface area contributed by atoms with Crippen molar-refractivity contribution in [2.45, 2.75) is 70.1 Å². The Kier molecular flexibility index (Phi) is 3.41. The molecule has 2 fully saturated rings. The molecule has 0 atom stereocenters. The Morgan fingerprint density at radius 2 is 1.22 bits per heavy atom. The fourth-order valence-corrected chi connectivity index (χ4v) is 4.04. The molecular weight excluding hydrogens is 223 g/mol. The molecule has 0 aromatic heterocycles. The molecule has 2 saturated carbocycles. The van der Waals surface area contributed by atoms with Gasteiger partial charge in [0.2, 0.25) is 0 Å². The van der Waals surface area contributed by atoms with E-state index in [9.17, 15) is 4.39 Å². The summed E-state index contributed by atoms with van der Waals surface area (Å²) in [4.78, 5) is 0. The zero-order valence-corrected chi connectivity index (χ0v) is 11.3. The summed E-state index contributed by atoms with van der Waals surface area (Å²) in [5.41, 5.74) is 4.03. The van der Waals surface area contributed by atoms with Crippen molar-refractivity contribution in [1.29, 1.82) is 0 Å². The first-order valence-electron chi connectivity index (χ1n) is 7.55. The summed E-state index contributed by atoms with van der Waals surface area (Å²) in [7, 11) is 0.